The maximum absolute atomic E-state index is 11.1. The highest BCUT2D eigenvalue weighted by molar-refractivity contribution is 5.81. The summed E-state index contributed by atoms with van der Waals surface area (Å²) >= 11 is 0. The van der Waals surface area contributed by atoms with Crippen molar-refractivity contribution in [2.75, 3.05) is 26.8 Å². The topological polar surface area (TPSA) is 55.6 Å². The molecule has 1 rings (SSSR count). The Bertz CT molecular complexity index is 124. The van der Waals surface area contributed by atoms with E-state index in [1.54, 1.807) is 11.9 Å². The predicted molar refractivity (Wildman–Crippen MR) is 36.4 cm³/mol. The van der Waals surface area contributed by atoms with Crippen molar-refractivity contribution in [3.05, 3.63) is 0 Å². The van der Waals surface area contributed by atoms with Crippen molar-refractivity contribution >= 4 is 5.91 Å². The van der Waals surface area contributed by atoms with Crippen molar-refractivity contribution < 1.29 is 9.53 Å². The molecule has 1 aliphatic rings. The Kier molecular flexibility index (Phi) is 2.24. The molecular weight excluding hydrogens is 132 g/mol. The number of hydrogen-bond donors (Lipinski definition) is 1. The second-order valence-electron chi connectivity index (χ2n) is 2.44. The van der Waals surface area contributed by atoms with Crippen LogP contribution in [0.1, 0.15) is 0 Å². The van der Waals surface area contributed by atoms with Crippen LogP contribution in [0, 0.1) is 0 Å². The van der Waals surface area contributed by atoms with Gasteiger partial charge in [-0.15, -0.1) is 0 Å². The van der Waals surface area contributed by atoms with Gasteiger partial charge in [0.1, 0.15) is 6.04 Å². The van der Waals surface area contributed by atoms with E-state index in [2.05, 4.69) is 0 Å². The summed E-state index contributed by atoms with van der Waals surface area (Å²) in [6.45, 7) is 1.59. The summed E-state index contributed by atoms with van der Waals surface area (Å²) in [5.41, 5.74) is 5.45. The monoisotopic (exact) mass is 144 g/mol. The van der Waals surface area contributed by atoms with E-state index >= 15 is 0 Å². The molecule has 1 amide bonds. The van der Waals surface area contributed by atoms with Gasteiger partial charge in [-0.3, -0.25) is 4.79 Å². The Morgan fingerprint density at radius 1 is 1.80 bits per heavy atom. The maximum Gasteiger partial charge on any atom is 0.241 e. The van der Waals surface area contributed by atoms with Crippen LogP contribution in [0.2, 0.25) is 0 Å². The zero-order valence-corrected chi connectivity index (χ0v) is 6.04. The van der Waals surface area contributed by atoms with Gasteiger partial charge >= 0.3 is 0 Å². The summed E-state index contributed by atoms with van der Waals surface area (Å²) in [4.78, 5) is 12.7. The van der Waals surface area contributed by atoms with Crippen molar-refractivity contribution in [2.24, 2.45) is 5.73 Å². The fourth-order valence-electron chi connectivity index (χ4n) is 0.876. The third kappa shape index (κ3) is 1.46. The molecule has 0 aliphatic carbocycles. The Hall–Kier alpha value is -0.610. The zero-order valence-electron chi connectivity index (χ0n) is 6.04. The maximum atomic E-state index is 11.1. The van der Waals surface area contributed by atoms with Gasteiger partial charge in [0.25, 0.3) is 0 Å². The van der Waals surface area contributed by atoms with E-state index in [0.717, 1.165) is 0 Å². The Balaban J connectivity index is 2.55. The van der Waals surface area contributed by atoms with Gasteiger partial charge in [0.2, 0.25) is 5.91 Å². The number of nitrogens with two attached hydrogens (primary N) is 1. The molecule has 0 saturated carbocycles. The van der Waals surface area contributed by atoms with Gasteiger partial charge in [0.15, 0.2) is 0 Å². The molecule has 0 unspecified atom stereocenters. The van der Waals surface area contributed by atoms with E-state index in [4.69, 9.17) is 10.5 Å². The fourth-order valence-corrected chi connectivity index (χ4v) is 0.876. The molecule has 4 nitrogen and oxygen atoms in total. The molecule has 0 aromatic heterocycles. The Labute approximate surface area is 59.9 Å². The summed E-state index contributed by atoms with van der Waals surface area (Å²) in [5.74, 6) is -0.0301. The molecule has 58 valence electrons. The molecule has 0 aromatic rings. The van der Waals surface area contributed by atoms with Crippen LogP contribution in [0.15, 0.2) is 0 Å². The highest BCUT2D eigenvalue weighted by atomic mass is 16.5. The summed E-state index contributed by atoms with van der Waals surface area (Å²) < 4.78 is 5.06. The van der Waals surface area contributed by atoms with Crippen LogP contribution in [0.5, 0.6) is 0 Å². The third-order valence-corrected chi connectivity index (χ3v) is 1.56. The minimum atomic E-state index is -0.465. The minimum Gasteiger partial charge on any atom is -0.377 e. The molecule has 4 heteroatoms. The number of carbonyl (C=O) groups is 1. The van der Waals surface area contributed by atoms with Crippen LogP contribution in [0.4, 0.5) is 0 Å². The van der Waals surface area contributed by atoms with E-state index in [9.17, 15) is 4.79 Å². The number of likely N-dealkylation sites (N-methyl/N-ethyl adjacent to an activating group) is 1. The van der Waals surface area contributed by atoms with Crippen molar-refractivity contribution in [1.82, 2.24) is 4.90 Å². The van der Waals surface area contributed by atoms with Gasteiger partial charge in [-0.1, -0.05) is 0 Å². The number of carbonyl (C=O) groups excluding carboxylic acids is 1. The van der Waals surface area contributed by atoms with Crippen LogP contribution in [-0.4, -0.2) is 43.7 Å². The molecule has 0 aromatic carbocycles. The molecular formula is C6H12N2O2. The fraction of sp³-hybridized carbons (Fsp3) is 0.833. The summed E-state index contributed by atoms with van der Waals surface area (Å²) in [7, 11) is 1.73. The van der Waals surface area contributed by atoms with Crippen LogP contribution < -0.4 is 5.73 Å². The number of rotatable bonds is 0. The normalized spacial score (nSPS) is 28.4. The number of nitrogens with zero attached hydrogens (tertiary/aromatic N) is 1. The minimum absolute atomic E-state index is 0.0301. The highest BCUT2D eigenvalue weighted by Crippen LogP contribution is 1.96. The van der Waals surface area contributed by atoms with E-state index in [1.165, 1.54) is 0 Å². The van der Waals surface area contributed by atoms with Crippen LogP contribution >= 0.6 is 0 Å². The summed E-state index contributed by atoms with van der Waals surface area (Å²) in [5, 5.41) is 0. The van der Waals surface area contributed by atoms with Crippen molar-refractivity contribution in [1.29, 1.82) is 0 Å². The second-order valence-corrected chi connectivity index (χ2v) is 2.44. The Morgan fingerprint density at radius 2 is 2.50 bits per heavy atom. The van der Waals surface area contributed by atoms with Gasteiger partial charge in [-0.25, -0.2) is 0 Å². The highest BCUT2D eigenvalue weighted by Gasteiger charge is 2.20. The molecule has 1 atom stereocenters. The smallest absolute Gasteiger partial charge is 0.241 e. The molecule has 1 saturated heterocycles. The molecule has 1 fully saturated rings. The second kappa shape index (κ2) is 2.98. The van der Waals surface area contributed by atoms with Crippen LogP contribution in [0.3, 0.4) is 0 Å². The molecule has 1 heterocycles. The predicted octanol–water partition coefficient (Wildman–Crippen LogP) is -1.20. The van der Waals surface area contributed by atoms with Crippen molar-refractivity contribution in [3.8, 4) is 0 Å². The lowest BCUT2D eigenvalue weighted by molar-refractivity contribution is -0.130. The molecule has 1 aliphatic heterocycles. The standard InChI is InChI=1S/C6H12N2O2/c1-8-2-3-10-4-5(7)6(8)9/h5H,2-4,7H2,1H3/t5-/m0/s1. The van der Waals surface area contributed by atoms with Gasteiger partial charge < -0.3 is 15.4 Å². The van der Waals surface area contributed by atoms with Gasteiger partial charge in [-0.05, 0) is 0 Å². The molecule has 0 bridgehead atoms. The number of amides is 1. The van der Waals surface area contributed by atoms with Gasteiger partial charge in [-0.2, -0.15) is 0 Å². The van der Waals surface area contributed by atoms with E-state index in [1.807, 2.05) is 0 Å². The quantitative estimate of drug-likeness (QED) is 0.464. The van der Waals surface area contributed by atoms with E-state index in [0.29, 0.717) is 19.8 Å². The molecule has 2 N–H and O–H groups in total. The molecule has 10 heavy (non-hydrogen) atoms. The largest absolute Gasteiger partial charge is 0.377 e. The van der Waals surface area contributed by atoms with E-state index < -0.39 is 6.04 Å². The third-order valence-electron chi connectivity index (χ3n) is 1.56. The van der Waals surface area contributed by atoms with Crippen molar-refractivity contribution in [2.45, 2.75) is 6.04 Å². The van der Waals surface area contributed by atoms with Crippen LogP contribution in [-0.2, 0) is 9.53 Å². The van der Waals surface area contributed by atoms with Gasteiger partial charge in [0, 0.05) is 13.6 Å². The zero-order chi connectivity index (χ0) is 7.56. The Morgan fingerprint density at radius 3 is 3.20 bits per heavy atom. The van der Waals surface area contributed by atoms with Crippen molar-refractivity contribution in [3.63, 3.8) is 0 Å². The first-order valence-electron chi connectivity index (χ1n) is 3.30. The molecule has 0 radical (unpaired) electrons. The molecule has 0 spiro atoms. The number of hydrogen-bond acceptors (Lipinski definition) is 3. The lowest BCUT2D eigenvalue weighted by atomic mass is 10.3. The number of ether oxygens (including phenoxy) is 1. The SMILES string of the molecule is CN1CCOC[C@H](N)C1=O. The first kappa shape index (κ1) is 7.50. The lowest BCUT2D eigenvalue weighted by Crippen LogP contribution is -2.42. The average Bonchev–Trinajstić information content (AvgIpc) is 2.04. The summed E-state index contributed by atoms with van der Waals surface area (Å²) in [6.07, 6.45) is 0. The lowest BCUT2D eigenvalue weighted by Gasteiger charge is -2.14. The van der Waals surface area contributed by atoms with Crippen LogP contribution in [0.25, 0.3) is 0 Å². The average molecular weight is 144 g/mol. The van der Waals surface area contributed by atoms with Gasteiger partial charge in [0.05, 0.1) is 13.2 Å². The first-order valence-corrected chi connectivity index (χ1v) is 3.30. The summed E-state index contributed by atoms with van der Waals surface area (Å²) in [6, 6.07) is -0.465. The first-order chi connectivity index (χ1) is 4.72. The van der Waals surface area contributed by atoms with E-state index in [-0.39, 0.29) is 5.91 Å².